The normalized spacial score (nSPS) is 20.5. The molecule has 3 heteroatoms. The Morgan fingerprint density at radius 2 is 0.382 bits per heavy atom. The van der Waals surface area contributed by atoms with Crippen LogP contribution in [0.2, 0.25) is 0 Å². The number of nitrogens with zero attached hydrogens (tertiary/aromatic N) is 3. The molecule has 19 rings (SSSR count). The van der Waals surface area contributed by atoms with Crippen molar-refractivity contribution >= 4 is 162 Å². The maximum atomic E-state index is 2.61. The van der Waals surface area contributed by atoms with Gasteiger partial charge in [0.25, 0.3) is 0 Å². The van der Waals surface area contributed by atoms with Crippen LogP contribution in [-0.2, 0) is 39.3 Å². The van der Waals surface area contributed by atoms with Crippen molar-refractivity contribution < 1.29 is 13.4 Å². The first kappa shape index (κ1) is 25.7. The Labute approximate surface area is 313 Å². The highest BCUT2D eigenvalue weighted by Gasteiger charge is 2.46. The van der Waals surface area contributed by atoms with E-state index in [9.17, 15) is 0 Å². The molecule has 0 bridgehead atoms. The van der Waals surface area contributed by atoms with Gasteiger partial charge in [0.2, 0.25) is 0 Å². The Morgan fingerprint density at radius 1 is 0.218 bits per heavy atom. The van der Waals surface area contributed by atoms with Crippen molar-refractivity contribution in [2.45, 2.75) is 39.3 Å². The number of rotatable bonds is 0. The minimum absolute atomic E-state index is 1.03. The van der Waals surface area contributed by atoms with Crippen molar-refractivity contribution in [2.75, 3.05) is 42.3 Å². The fourth-order valence-electron chi connectivity index (χ4n) is 16.4. The molecule has 3 aliphatic rings. The van der Waals surface area contributed by atoms with Crippen LogP contribution in [0, 0.1) is 0 Å². The van der Waals surface area contributed by atoms with Gasteiger partial charge in [-0.1, -0.05) is 24.3 Å². The van der Waals surface area contributed by atoms with Crippen molar-refractivity contribution in [1.29, 1.82) is 0 Å². The molecule has 3 nitrogen and oxygen atoms in total. The zero-order valence-corrected chi connectivity index (χ0v) is 31.9. The van der Waals surface area contributed by atoms with Gasteiger partial charge in [-0.3, -0.25) is 0 Å². The first-order valence-electron chi connectivity index (χ1n) is 20.8. The maximum absolute atomic E-state index is 2.61. The van der Waals surface area contributed by atoms with Gasteiger partial charge in [0, 0.05) is 65.7 Å². The van der Waals surface area contributed by atoms with Gasteiger partial charge in [-0.05, 0) is 129 Å². The zero-order valence-electron chi connectivity index (χ0n) is 31.9. The second-order valence-corrected chi connectivity index (χ2v) is 21.7. The molecule has 16 aromatic rings. The molecule has 3 aliphatic heterocycles. The fourth-order valence-corrected chi connectivity index (χ4v) is 16.4. The average molecular weight is 701 g/mol. The molecule has 55 heavy (non-hydrogen) atoms. The van der Waals surface area contributed by atoms with E-state index in [4.69, 9.17) is 0 Å². The van der Waals surface area contributed by atoms with Crippen LogP contribution in [-0.4, -0.2) is 55.7 Å². The standard InChI is InChI=1S/C52H34N3/c1-53(2)11-21-22(12-53)28-18-8-10-20-30-24-14-55(5,6)16-26(24)36-35-25-15-54(3,4)13-23(25)29-19-9-7-17-27(21)37-38(28)42-32(18)34(20)44-40(30)46(36)47-45(35)39(29)43-33(19)31(17)41(37)48-49(42)51(44)52(47)50(43)48/h7-10H,11-16H2,1-6H3/q+3. The minimum Gasteiger partial charge on any atom is -0.321 e. The van der Waals surface area contributed by atoms with Crippen LogP contribution in [0.25, 0.3) is 162 Å². The lowest BCUT2D eigenvalue weighted by Gasteiger charge is -2.22. The van der Waals surface area contributed by atoms with E-state index in [0.717, 1.165) is 52.7 Å². The second-order valence-electron chi connectivity index (χ2n) is 21.7. The molecule has 0 atom stereocenters. The lowest BCUT2D eigenvalue weighted by atomic mass is 9.89. The van der Waals surface area contributed by atoms with Crippen LogP contribution in [0.3, 0.4) is 0 Å². The molecular weight excluding hydrogens is 667 g/mol. The smallest absolute Gasteiger partial charge is 0.105 e. The van der Waals surface area contributed by atoms with Crippen molar-refractivity contribution in [3.8, 4) is 0 Å². The second kappa shape index (κ2) is 6.48. The molecule has 0 aromatic heterocycles. The highest BCUT2D eigenvalue weighted by molar-refractivity contribution is 6.71. The van der Waals surface area contributed by atoms with Gasteiger partial charge in [0.05, 0.1) is 42.3 Å². The summed E-state index contributed by atoms with van der Waals surface area (Å²) in [6, 6.07) is 10.5. The van der Waals surface area contributed by atoms with Crippen LogP contribution >= 0.6 is 0 Å². The van der Waals surface area contributed by atoms with Gasteiger partial charge < -0.3 is 13.4 Å². The average Bonchev–Trinajstić information content (AvgIpc) is 3.98. The number of hydrogen-bond donors (Lipinski definition) is 0. The highest BCUT2D eigenvalue weighted by Crippen LogP contribution is 2.70. The van der Waals surface area contributed by atoms with E-state index < -0.39 is 0 Å². The summed E-state index contributed by atoms with van der Waals surface area (Å²) in [5.74, 6) is 0. The van der Waals surface area contributed by atoms with Gasteiger partial charge in [0.1, 0.15) is 39.3 Å². The largest absolute Gasteiger partial charge is 0.321 e. The quantitative estimate of drug-likeness (QED) is 0.109. The summed E-state index contributed by atoms with van der Waals surface area (Å²) >= 11 is 0. The summed E-state index contributed by atoms with van der Waals surface area (Å²) in [6.07, 6.45) is 0. The molecule has 0 radical (unpaired) electrons. The van der Waals surface area contributed by atoms with Gasteiger partial charge in [-0.2, -0.15) is 0 Å². The van der Waals surface area contributed by atoms with Crippen molar-refractivity contribution in [1.82, 2.24) is 0 Å². The van der Waals surface area contributed by atoms with Crippen LogP contribution in [0.5, 0.6) is 0 Å². The summed E-state index contributed by atoms with van der Waals surface area (Å²) in [5, 5.41) is 48.4. The number of benzene rings is 10. The van der Waals surface area contributed by atoms with Crippen LogP contribution in [0.4, 0.5) is 0 Å². The zero-order chi connectivity index (χ0) is 35.4. The Bertz CT molecular complexity index is 4180. The molecular formula is C52H34N3+3. The number of fused-ring (bicyclic) bond motifs is 14. The molecule has 0 saturated heterocycles. The molecule has 3 heterocycles. The Kier molecular flexibility index (Phi) is 3.03. The van der Waals surface area contributed by atoms with E-state index >= 15 is 0 Å². The summed E-state index contributed by atoms with van der Waals surface area (Å²) < 4.78 is 3.11. The molecule has 0 amide bonds. The molecule has 0 unspecified atom stereocenters. The minimum atomic E-state index is 1.03. The van der Waals surface area contributed by atoms with Gasteiger partial charge in [-0.25, -0.2) is 0 Å². The SMILES string of the molecule is C[N+]1(C)Cc2c(c3c4ccc5c6c7c(c8c9c%10c(c%11c%12ccc%13c2c2c3c3c4c5c4c6c8c5c9c%11c6c%12c%13c2c2c3c4c5c62)C[N+](C)(C)C%10)C[N+](C)(C)C7)C1. The number of hydrogen-bond acceptors (Lipinski definition) is 0. The molecule has 0 N–H and O–H groups in total. The lowest BCUT2D eigenvalue weighted by Crippen LogP contribution is -2.32. The molecule has 0 fully saturated rings. The fraction of sp³-hybridized carbons (Fsp3) is 0.231. The van der Waals surface area contributed by atoms with Gasteiger partial charge in [-0.15, -0.1) is 0 Å². The Hall–Kier alpha value is -5.32. The highest BCUT2D eigenvalue weighted by atomic mass is 15.3. The lowest BCUT2D eigenvalue weighted by molar-refractivity contribution is -0.909. The molecule has 0 spiro atoms. The van der Waals surface area contributed by atoms with Gasteiger partial charge >= 0.3 is 0 Å². The number of quaternary nitrogens is 3. The third kappa shape index (κ3) is 1.99. The van der Waals surface area contributed by atoms with Crippen molar-refractivity contribution in [3.63, 3.8) is 0 Å². The molecule has 16 aromatic carbocycles. The van der Waals surface area contributed by atoms with E-state index in [1.54, 1.807) is 184 Å². The summed E-state index contributed by atoms with van der Waals surface area (Å²) in [6.45, 7) is 6.68. The third-order valence-electron chi connectivity index (χ3n) is 17.4. The van der Waals surface area contributed by atoms with E-state index in [2.05, 4.69) is 66.6 Å². The Morgan fingerprint density at radius 3 is 0.618 bits per heavy atom. The molecule has 254 valence electrons. The van der Waals surface area contributed by atoms with Crippen molar-refractivity contribution in [2.24, 2.45) is 0 Å². The summed E-state index contributed by atoms with van der Waals surface area (Å²) in [7, 11) is 14.9. The monoisotopic (exact) mass is 700 g/mol. The van der Waals surface area contributed by atoms with E-state index in [1.165, 1.54) is 10.8 Å². The summed E-state index contributed by atoms with van der Waals surface area (Å²) in [5.41, 5.74) is 9.97. The first-order chi connectivity index (χ1) is 26.5. The van der Waals surface area contributed by atoms with Crippen LogP contribution < -0.4 is 0 Å². The first-order valence-corrected chi connectivity index (χ1v) is 20.8. The predicted molar refractivity (Wildman–Crippen MR) is 233 cm³/mol. The van der Waals surface area contributed by atoms with Crippen LogP contribution in [0.1, 0.15) is 33.4 Å². The van der Waals surface area contributed by atoms with Gasteiger partial charge in [0.15, 0.2) is 0 Å². The van der Waals surface area contributed by atoms with E-state index in [0.29, 0.717) is 0 Å². The predicted octanol–water partition coefficient (Wildman–Crippen LogP) is 11.9. The molecule has 0 aliphatic carbocycles. The topological polar surface area (TPSA) is 0 Å². The van der Waals surface area contributed by atoms with Crippen LogP contribution in [0.15, 0.2) is 24.3 Å². The third-order valence-corrected chi connectivity index (χ3v) is 17.4. The maximum Gasteiger partial charge on any atom is 0.105 e. The van der Waals surface area contributed by atoms with E-state index in [-0.39, 0.29) is 0 Å². The summed E-state index contributed by atoms with van der Waals surface area (Å²) in [4.78, 5) is 0. The van der Waals surface area contributed by atoms with Crippen molar-refractivity contribution in [3.05, 3.63) is 57.6 Å². The Balaban J connectivity index is 1.32. The van der Waals surface area contributed by atoms with E-state index in [1.807, 2.05) is 0 Å². The molecule has 0 saturated carbocycles.